The molecule has 1 aliphatic rings. The van der Waals surface area contributed by atoms with Crippen LogP contribution in [0.1, 0.15) is 48.9 Å². The van der Waals surface area contributed by atoms with Crippen LogP contribution in [-0.2, 0) is 15.3 Å². The molecule has 4 aromatic rings. The number of aliphatic hydroxyl groups is 1. The summed E-state index contributed by atoms with van der Waals surface area (Å²) in [5, 5.41) is 20.9. The predicted molar refractivity (Wildman–Crippen MR) is 170 cm³/mol. The Morgan fingerprint density at radius 3 is 2.56 bits per heavy atom. The Morgan fingerprint density at radius 1 is 1.02 bits per heavy atom. The van der Waals surface area contributed by atoms with Crippen molar-refractivity contribution in [3.8, 4) is 11.5 Å². The van der Waals surface area contributed by atoms with Crippen molar-refractivity contribution in [2.75, 3.05) is 18.6 Å². The minimum Gasteiger partial charge on any atom is -0.507 e. The van der Waals surface area contributed by atoms with Gasteiger partial charge in [-0.3, -0.25) is 14.5 Å². The van der Waals surface area contributed by atoms with Gasteiger partial charge in [-0.25, -0.2) is 0 Å². The van der Waals surface area contributed by atoms with Crippen molar-refractivity contribution in [3.05, 3.63) is 100 Å². The van der Waals surface area contributed by atoms with Crippen LogP contribution in [0.5, 0.6) is 11.5 Å². The average molecular weight is 636 g/mol. The van der Waals surface area contributed by atoms with Crippen LogP contribution in [-0.4, -0.2) is 40.7 Å². The molecule has 3 aromatic carbocycles. The molecule has 1 saturated heterocycles. The third kappa shape index (κ3) is 6.87. The van der Waals surface area contributed by atoms with Gasteiger partial charge in [0, 0.05) is 16.3 Å². The molecule has 1 unspecified atom stereocenters. The van der Waals surface area contributed by atoms with Crippen LogP contribution in [0.2, 0.25) is 5.02 Å². The molecule has 8 nitrogen and oxygen atoms in total. The molecule has 1 amide bonds. The Bertz CT molecular complexity index is 1640. The van der Waals surface area contributed by atoms with E-state index in [2.05, 4.69) is 17.1 Å². The number of Topliss-reactive ketones (excluding diaryl/α,β-unsaturated/α-hetero) is 1. The minimum atomic E-state index is -0.948. The number of anilines is 1. The number of carbonyl (C=O) groups is 2. The number of benzene rings is 3. The number of aromatic nitrogens is 2. The molecule has 11 heteroatoms. The van der Waals surface area contributed by atoms with Crippen molar-refractivity contribution in [3.63, 3.8) is 0 Å². The second-order valence-electron chi connectivity index (χ2n) is 9.76. The molecule has 0 bridgehead atoms. The minimum absolute atomic E-state index is 0.0428. The van der Waals surface area contributed by atoms with Crippen molar-refractivity contribution in [2.45, 2.75) is 42.3 Å². The van der Waals surface area contributed by atoms with Crippen LogP contribution in [0.4, 0.5) is 5.13 Å². The quantitative estimate of drug-likeness (QED) is 0.0422. The molecule has 1 N–H and O–H groups in total. The standard InChI is InChI=1S/C32H30ClN3O5S2/c1-3-4-7-17-41-24-11-8-10-21(18-24)27-26(28(37)20-13-15-23(40-2)16-14-20)29(38)30(39)36(27)31-34-35-32(43-31)42-19-22-9-5-6-12-25(22)33/h5-6,8-16,18,27,37H,3-4,7,17,19H2,1-2H3. The highest BCUT2D eigenvalue weighted by atomic mass is 35.5. The van der Waals surface area contributed by atoms with Gasteiger partial charge in [-0.2, -0.15) is 0 Å². The maximum atomic E-state index is 13.6. The third-order valence-corrected chi connectivity index (χ3v) is 9.38. The van der Waals surface area contributed by atoms with Gasteiger partial charge in [0.1, 0.15) is 17.3 Å². The van der Waals surface area contributed by atoms with Gasteiger partial charge >= 0.3 is 5.91 Å². The van der Waals surface area contributed by atoms with Gasteiger partial charge in [-0.1, -0.05) is 84.8 Å². The first kappa shape index (κ1) is 30.6. The van der Waals surface area contributed by atoms with Crippen molar-refractivity contribution in [1.82, 2.24) is 10.2 Å². The maximum absolute atomic E-state index is 13.6. The Hall–Kier alpha value is -3.86. The van der Waals surface area contributed by atoms with E-state index in [1.165, 1.54) is 28.0 Å². The summed E-state index contributed by atoms with van der Waals surface area (Å²) in [7, 11) is 1.54. The van der Waals surface area contributed by atoms with E-state index in [9.17, 15) is 14.7 Å². The van der Waals surface area contributed by atoms with Gasteiger partial charge in [-0.05, 0) is 60.0 Å². The van der Waals surface area contributed by atoms with Crippen LogP contribution in [0, 0.1) is 0 Å². The molecule has 1 fully saturated rings. The van der Waals surface area contributed by atoms with Crippen LogP contribution in [0.3, 0.4) is 0 Å². The topological polar surface area (TPSA) is 102 Å². The summed E-state index contributed by atoms with van der Waals surface area (Å²) < 4.78 is 11.8. The lowest BCUT2D eigenvalue weighted by Gasteiger charge is -2.23. The fourth-order valence-electron chi connectivity index (χ4n) is 4.68. The zero-order valence-corrected chi connectivity index (χ0v) is 26.0. The molecule has 43 heavy (non-hydrogen) atoms. The smallest absolute Gasteiger partial charge is 0.301 e. The van der Waals surface area contributed by atoms with E-state index >= 15 is 0 Å². The number of hydrogen-bond donors (Lipinski definition) is 1. The first-order chi connectivity index (χ1) is 20.9. The molecule has 1 atom stereocenters. The molecule has 0 spiro atoms. The van der Waals surface area contributed by atoms with Crippen molar-refractivity contribution in [1.29, 1.82) is 0 Å². The van der Waals surface area contributed by atoms with E-state index in [1.54, 1.807) is 43.5 Å². The molecule has 1 aliphatic heterocycles. The summed E-state index contributed by atoms with van der Waals surface area (Å²) in [5.74, 6) is -0.137. The van der Waals surface area contributed by atoms with Crippen molar-refractivity contribution < 1.29 is 24.2 Å². The van der Waals surface area contributed by atoms with Gasteiger partial charge < -0.3 is 14.6 Å². The normalized spacial score (nSPS) is 16.1. The summed E-state index contributed by atoms with van der Waals surface area (Å²) in [4.78, 5) is 28.5. The number of hydrogen-bond acceptors (Lipinski definition) is 9. The fraction of sp³-hybridized carbons (Fsp3) is 0.250. The molecule has 0 radical (unpaired) electrons. The van der Waals surface area contributed by atoms with Crippen molar-refractivity contribution in [2.24, 2.45) is 0 Å². The first-order valence-electron chi connectivity index (χ1n) is 13.8. The van der Waals surface area contributed by atoms with Crippen LogP contribution < -0.4 is 14.4 Å². The molecule has 5 rings (SSSR count). The second kappa shape index (κ2) is 14.1. The number of ketones is 1. The van der Waals surface area contributed by atoms with Crippen LogP contribution in [0.25, 0.3) is 5.76 Å². The van der Waals surface area contributed by atoms with Gasteiger partial charge in [0.2, 0.25) is 5.13 Å². The van der Waals surface area contributed by atoms with E-state index in [0.29, 0.717) is 44.3 Å². The number of aliphatic hydroxyl groups excluding tert-OH is 1. The lowest BCUT2D eigenvalue weighted by atomic mass is 9.95. The molecule has 2 heterocycles. The zero-order chi connectivity index (χ0) is 30.3. The number of unbranched alkanes of at least 4 members (excludes halogenated alkanes) is 2. The van der Waals surface area contributed by atoms with E-state index in [0.717, 1.165) is 24.8 Å². The van der Waals surface area contributed by atoms with E-state index < -0.39 is 17.7 Å². The van der Waals surface area contributed by atoms with E-state index in [-0.39, 0.29) is 16.5 Å². The van der Waals surface area contributed by atoms with E-state index in [4.69, 9.17) is 21.1 Å². The highest BCUT2D eigenvalue weighted by molar-refractivity contribution is 8.00. The lowest BCUT2D eigenvalue weighted by Crippen LogP contribution is -2.29. The Balaban J connectivity index is 1.52. The summed E-state index contributed by atoms with van der Waals surface area (Å²) in [6, 6.07) is 20.5. The summed E-state index contributed by atoms with van der Waals surface area (Å²) in [6.45, 7) is 2.67. The molecule has 0 saturated carbocycles. The number of thioether (sulfide) groups is 1. The highest BCUT2D eigenvalue weighted by Crippen LogP contribution is 2.44. The number of halogens is 1. The zero-order valence-electron chi connectivity index (χ0n) is 23.7. The lowest BCUT2D eigenvalue weighted by molar-refractivity contribution is -0.132. The first-order valence-corrected chi connectivity index (χ1v) is 16.0. The fourth-order valence-corrected chi connectivity index (χ4v) is 6.83. The number of amides is 1. The Morgan fingerprint density at radius 2 is 1.81 bits per heavy atom. The molecule has 1 aromatic heterocycles. The van der Waals surface area contributed by atoms with Crippen LogP contribution >= 0.6 is 34.7 Å². The Kier molecular flexibility index (Phi) is 10.0. The summed E-state index contributed by atoms with van der Waals surface area (Å²) >= 11 is 8.94. The summed E-state index contributed by atoms with van der Waals surface area (Å²) in [5.41, 5.74) is 1.88. The van der Waals surface area contributed by atoms with Crippen LogP contribution in [0.15, 0.2) is 82.7 Å². The van der Waals surface area contributed by atoms with Gasteiger partial charge in [0.25, 0.3) is 5.78 Å². The van der Waals surface area contributed by atoms with Gasteiger partial charge in [-0.15, -0.1) is 10.2 Å². The average Bonchev–Trinajstić information content (AvgIpc) is 3.60. The number of rotatable bonds is 12. The second-order valence-corrected chi connectivity index (χ2v) is 12.3. The Labute approximate surface area is 263 Å². The molecule has 0 aliphatic carbocycles. The summed E-state index contributed by atoms with van der Waals surface area (Å²) in [6.07, 6.45) is 3.04. The molecular formula is C32H30ClN3O5S2. The molecular weight excluding hydrogens is 606 g/mol. The van der Waals surface area contributed by atoms with Gasteiger partial charge in [0.15, 0.2) is 4.34 Å². The number of ether oxygens (including phenoxy) is 2. The number of methoxy groups -OCH3 is 1. The number of nitrogens with zero attached hydrogens (tertiary/aromatic N) is 3. The maximum Gasteiger partial charge on any atom is 0.301 e. The SMILES string of the molecule is CCCCCOc1cccc(C2C(=C(O)c3ccc(OC)cc3)C(=O)C(=O)N2c2nnc(SCc3ccccc3Cl)s2)c1. The number of carbonyl (C=O) groups excluding carboxylic acids is 2. The largest absolute Gasteiger partial charge is 0.507 e. The monoisotopic (exact) mass is 635 g/mol. The molecule has 222 valence electrons. The van der Waals surface area contributed by atoms with E-state index in [1.807, 2.05) is 36.4 Å². The van der Waals surface area contributed by atoms with Gasteiger partial charge in [0.05, 0.1) is 25.3 Å². The highest BCUT2D eigenvalue weighted by Gasteiger charge is 2.48. The van der Waals surface area contributed by atoms with Crippen molar-refractivity contribution >= 4 is 57.3 Å². The third-order valence-electron chi connectivity index (χ3n) is 6.91. The predicted octanol–water partition coefficient (Wildman–Crippen LogP) is 7.69.